The molecule has 2 aliphatic heterocycles. The Bertz CT molecular complexity index is 1240. The van der Waals surface area contributed by atoms with Crippen molar-refractivity contribution in [3.63, 3.8) is 0 Å². The van der Waals surface area contributed by atoms with Gasteiger partial charge in [-0.3, -0.25) is 13.8 Å². The van der Waals surface area contributed by atoms with E-state index in [0.717, 1.165) is 64.2 Å². The molecule has 0 aromatic heterocycles. The van der Waals surface area contributed by atoms with Crippen molar-refractivity contribution in [3.8, 4) is 0 Å². The van der Waals surface area contributed by atoms with Gasteiger partial charge < -0.3 is 30.9 Å². The van der Waals surface area contributed by atoms with E-state index in [9.17, 15) is 18.6 Å². The Hall–Kier alpha value is -2.40. The number of Topliss-reactive ketones (excluding diaryl/α,β-unsaturated/α-hetero) is 1. The van der Waals surface area contributed by atoms with Crippen molar-refractivity contribution in [2.75, 3.05) is 18.9 Å². The van der Waals surface area contributed by atoms with Crippen molar-refractivity contribution >= 4 is 28.5 Å². The van der Waals surface area contributed by atoms with Gasteiger partial charge in [-0.25, -0.2) is 4.79 Å². The van der Waals surface area contributed by atoms with Crippen LogP contribution in [0.5, 0.6) is 0 Å². The highest BCUT2D eigenvalue weighted by molar-refractivity contribution is 7.86. The van der Waals surface area contributed by atoms with Gasteiger partial charge in [0.2, 0.25) is 5.91 Å². The molecule has 0 aromatic rings. The Kier molecular flexibility index (Phi) is 13.5. The molecule has 2 heterocycles. The molecule has 0 radical (unpaired) electrons. The molecular weight excluding hydrogens is 639 g/mol. The largest absolute Gasteiger partial charge is 0.380 e. The molecule has 4 fully saturated rings. The minimum absolute atomic E-state index is 0.138. The van der Waals surface area contributed by atoms with Gasteiger partial charge >= 0.3 is 6.03 Å². The molecule has 4 aliphatic rings. The summed E-state index contributed by atoms with van der Waals surface area (Å²) in [7, 11) is -1.15. The molecule has 2 aliphatic carbocycles. The van der Waals surface area contributed by atoms with Crippen LogP contribution in [0, 0.1) is 5.92 Å². The third kappa shape index (κ3) is 11.3. The number of likely N-dealkylation sites (tertiary alicyclic amines) is 1. The highest BCUT2D eigenvalue weighted by Crippen LogP contribution is 2.37. The van der Waals surface area contributed by atoms with Crippen LogP contribution in [0.4, 0.5) is 4.79 Å². The number of amides is 3. The number of urea groups is 1. The molecule has 0 spiro atoms. The second kappa shape index (κ2) is 16.7. The summed E-state index contributed by atoms with van der Waals surface area (Å²) in [4.78, 5) is 43.2. The van der Waals surface area contributed by atoms with Gasteiger partial charge in [-0.1, -0.05) is 58.6 Å². The van der Waals surface area contributed by atoms with Gasteiger partial charge in [0.05, 0.1) is 35.5 Å². The number of hydrogen-bond donors (Lipinski definition) is 4. The lowest BCUT2D eigenvalue weighted by molar-refractivity contribution is -0.149. The smallest absolute Gasteiger partial charge is 0.315 e. The first-order valence-corrected chi connectivity index (χ1v) is 20.2. The first-order valence-electron chi connectivity index (χ1n) is 18.9. The Balaban J connectivity index is 1.45. The van der Waals surface area contributed by atoms with E-state index < -0.39 is 44.8 Å². The van der Waals surface area contributed by atoms with Crippen LogP contribution in [0.25, 0.3) is 0 Å². The van der Waals surface area contributed by atoms with Crippen LogP contribution in [-0.2, 0) is 25.1 Å². The number of nitrogens with one attached hydrogen (secondary N) is 4. The average molecular weight is 704 g/mol. The molecule has 2 saturated carbocycles. The summed E-state index contributed by atoms with van der Waals surface area (Å²) in [6.45, 7) is 21.7. The zero-order valence-electron chi connectivity index (χ0n) is 31.2. The van der Waals surface area contributed by atoms with Gasteiger partial charge in [0.25, 0.3) is 0 Å². The van der Waals surface area contributed by atoms with E-state index in [0.29, 0.717) is 55.1 Å². The highest BCUT2D eigenvalue weighted by Gasteiger charge is 2.47. The van der Waals surface area contributed by atoms with E-state index in [4.69, 9.17) is 4.74 Å². The number of carbonyl (C=O) groups excluding carboxylic acids is 3. The first kappa shape index (κ1) is 39.4. The summed E-state index contributed by atoms with van der Waals surface area (Å²) in [6, 6.07) is -1.77. The first-order chi connectivity index (χ1) is 23.0. The van der Waals surface area contributed by atoms with Crippen LogP contribution < -0.4 is 21.3 Å². The third-order valence-corrected chi connectivity index (χ3v) is 13.0. The van der Waals surface area contributed by atoms with Gasteiger partial charge in [0, 0.05) is 46.0 Å². The second-order valence-electron chi connectivity index (χ2n) is 16.6. The zero-order chi connectivity index (χ0) is 36.0. The van der Waals surface area contributed by atoms with E-state index in [-0.39, 0.29) is 17.7 Å². The maximum atomic E-state index is 13.9. The van der Waals surface area contributed by atoms with Crippen molar-refractivity contribution in [2.24, 2.45) is 5.92 Å². The monoisotopic (exact) mass is 703 g/mol. The Morgan fingerprint density at radius 3 is 2.29 bits per heavy atom. The SMILES string of the molecule is C=C(NC1CC1)C(=O)C(CCC1CC1)NC(=O)C1CCCN1C(=C)C(NC(=O)NC(C)(CCCCCC)CS(=O)C(C)(C)C)C1(C)CCO1. The van der Waals surface area contributed by atoms with Crippen molar-refractivity contribution < 1.29 is 23.3 Å². The second-order valence-corrected chi connectivity index (χ2v) is 18.8. The molecule has 3 amide bonds. The molecule has 6 unspecified atom stereocenters. The topological polar surface area (TPSA) is 129 Å². The molecule has 2 saturated heterocycles. The molecule has 6 atom stereocenters. The summed E-state index contributed by atoms with van der Waals surface area (Å²) in [5.74, 6) is 0.653. The molecule has 0 bridgehead atoms. The van der Waals surface area contributed by atoms with Crippen LogP contribution in [-0.4, -0.2) is 85.8 Å². The molecule has 4 rings (SSSR count). The van der Waals surface area contributed by atoms with Crippen molar-refractivity contribution in [1.82, 2.24) is 26.2 Å². The lowest BCUT2D eigenvalue weighted by atomic mass is 9.86. The molecular formula is C38H65N5O5S. The molecule has 49 heavy (non-hydrogen) atoms. The summed E-state index contributed by atoms with van der Waals surface area (Å²) < 4.78 is 18.9. The standard InChI is InChI=1S/C38H65N5O5S/c1-9-10-11-12-21-37(7,25-49(47)36(4,5)6)42-35(46)41-33(38(8)22-24-48-38)27(3)43-23-13-14-31(43)34(45)40-30(20-17-28-15-16-28)32(44)26(2)39-29-18-19-29/h28-31,33,39H,2-3,9-25H2,1,4-8H3,(H,40,45)(H2,41,42,46). The summed E-state index contributed by atoms with van der Waals surface area (Å²) >= 11 is 0. The summed E-state index contributed by atoms with van der Waals surface area (Å²) in [5, 5.41) is 12.7. The van der Waals surface area contributed by atoms with Crippen LogP contribution in [0.3, 0.4) is 0 Å². The van der Waals surface area contributed by atoms with Crippen LogP contribution in [0.1, 0.15) is 131 Å². The van der Waals surface area contributed by atoms with E-state index in [2.05, 4.69) is 41.3 Å². The average Bonchev–Trinajstić information content (AvgIpc) is 3.96. The van der Waals surface area contributed by atoms with Crippen LogP contribution in [0.15, 0.2) is 24.6 Å². The Labute approximate surface area is 298 Å². The molecule has 11 heteroatoms. The number of hydrogen-bond acceptors (Lipinski definition) is 7. The molecule has 278 valence electrons. The number of carbonyl (C=O) groups is 3. The lowest BCUT2D eigenvalue weighted by Crippen LogP contribution is -2.64. The Morgan fingerprint density at radius 1 is 1.02 bits per heavy atom. The predicted octanol–water partition coefficient (Wildman–Crippen LogP) is 5.60. The fourth-order valence-electron chi connectivity index (χ4n) is 6.95. The predicted molar refractivity (Wildman–Crippen MR) is 197 cm³/mol. The number of nitrogens with zero attached hydrogens (tertiary/aromatic N) is 1. The van der Waals surface area contributed by atoms with E-state index >= 15 is 0 Å². The van der Waals surface area contributed by atoms with E-state index in [1.54, 1.807) is 0 Å². The van der Waals surface area contributed by atoms with Crippen LogP contribution in [0.2, 0.25) is 0 Å². The third-order valence-electron chi connectivity index (χ3n) is 10.8. The minimum atomic E-state index is -1.15. The molecule has 4 N–H and O–H groups in total. The van der Waals surface area contributed by atoms with Gasteiger partial charge in [-0.05, 0) is 85.5 Å². The highest BCUT2D eigenvalue weighted by atomic mass is 32.2. The van der Waals surface area contributed by atoms with Gasteiger partial charge in [0.1, 0.15) is 6.04 Å². The van der Waals surface area contributed by atoms with Crippen molar-refractivity contribution in [1.29, 1.82) is 0 Å². The normalized spacial score (nSPS) is 25.3. The van der Waals surface area contributed by atoms with Crippen molar-refractivity contribution in [2.45, 2.75) is 171 Å². The lowest BCUT2D eigenvalue weighted by Gasteiger charge is -2.48. The Morgan fingerprint density at radius 2 is 1.71 bits per heavy atom. The molecule has 0 aromatic carbocycles. The molecule has 10 nitrogen and oxygen atoms in total. The van der Waals surface area contributed by atoms with Gasteiger partial charge in [-0.2, -0.15) is 0 Å². The fourth-order valence-corrected chi connectivity index (χ4v) is 8.18. The van der Waals surface area contributed by atoms with Gasteiger partial charge in [-0.15, -0.1) is 0 Å². The van der Waals surface area contributed by atoms with Crippen LogP contribution >= 0.6 is 0 Å². The number of ketones is 1. The summed E-state index contributed by atoms with van der Waals surface area (Å²) in [5.41, 5.74) is -0.345. The minimum Gasteiger partial charge on any atom is -0.380 e. The summed E-state index contributed by atoms with van der Waals surface area (Å²) in [6.07, 6.45) is 13.0. The zero-order valence-corrected chi connectivity index (χ0v) is 32.0. The quantitative estimate of drug-likeness (QED) is 0.0906. The number of ether oxygens (including phenoxy) is 1. The van der Waals surface area contributed by atoms with E-state index in [1.807, 2.05) is 39.5 Å². The fraction of sp³-hybridized carbons (Fsp3) is 0.816. The van der Waals surface area contributed by atoms with E-state index in [1.165, 1.54) is 12.8 Å². The maximum absolute atomic E-state index is 13.9. The van der Waals surface area contributed by atoms with Gasteiger partial charge in [0.15, 0.2) is 5.78 Å². The van der Waals surface area contributed by atoms with Crippen molar-refractivity contribution in [3.05, 3.63) is 24.6 Å². The maximum Gasteiger partial charge on any atom is 0.315 e. The number of rotatable bonds is 21. The number of unbranched alkanes of at least 4 members (excludes halogenated alkanes) is 3.